The predicted octanol–water partition coefficient (Wildman–Crippen LogP) is 1.12. The van der Waals surface area contributed by atoms with E-state index in [2.05, 4.69) is 10.9 Å². The van der Waals surface area contributed by atoms with E-state index in [9.17, 15) is 4.79 Å². The summed E-state index contributed by atoms with van der Waals surface area (Å²) in [4.78, 5) is 17.4. The Morgan fingerprint density at radius 1 is 1.79 bits per heavy atom. The van der Waals surface area contributed by atoms with Crippen LogP contribution in [0.1, 0.15) is 12.1 Å². The molecule has 1 aliphatic heterocycles. The van der Waals surface area contributed by atoms with Gasteiger partial charge in [0.05, 0.1) is 17.7 Å². The fourth-order valence-electron chi connectivity index (χ4n) is 1.55. The predicted molar refractivity (Wildman–Crippen MR) is 54.5 cm³/mol. The van der Waals surface area contributed by atoms with Gasteiger partial charge in [0, 0.05) is 24.3 Å². The van der Waals surface area contributed by atoms with E-state index in [1.807, 2.05) is 5.38 Å². The van der Waals surface area contributed by atoms with Gasteiger partial charge in [-0.05, 0) is 0 Å². The van der Waals surface area contributed by atoms with Gasteiger partial charge in [0.25, 0.3) is 0 Å². The first-order valence-electron chi connectivity index (χ1n) is 4.40. The van der Waals surface area contributed by atoms with Gasteiger partial charge in [0.15, 0.2) is 0 Å². The number of carbonyl (C=O) groups excluding carboxylic acids is 1. The van der Waals surface area contributed by atoms with Crippen LogP contribution in [-0.2, 0) is 11.3 Å². The van der Waals surface area contributed by atoms with Crippen molar-refractivity contribution in [3.8, 4) is 12.3 Å². The molecule has 1 atom stereocenters. The first kappa shape index (κ1) is 9.22. The van der Waals surface area contributed by atoms with Crippen LogP contribution in [0.2, 0.25) is 0 Å². The molecule has 1 amide bonds. The molecule has 2 heterocycles. The Morgan fingerprint density at radius 3 is 3.21 bits per heavy atom. The van der Waals surface area contributed by atoms with E-state index in [4.69, 9.17) is 6.42 Å². The van der Waals surface area contributed by atoms with E-state index < -0.39 is 0 Å². The number of rotatable bonds is 2. The molecule has 72 valence electrons. The zero-order chi connectivity index (χ0) is 9.97. The van der Waals surface area contributed by atoms with Crippen LogP contribution in [0.3, 0.4) is 0 Å². The molecule has 1 fully saturated rings. The van der Waals surface area contributed by atoms with E-state index in [0.29, 0.717) is 19.5 Å². The first-order chi connectivity index (χ1) is 6.79. The molecule has 1 saturated heterocycles. The molecular formula is C10H10N2OS. The molecule has 1 aliphatic rings. The van der Waals surface area contributed by atoms with Crippen LogP contribution in [-0.4, -0.2) is 22.3 Å². The van der Waals surface area contributed by atoms with Gasteiger partial charge in [0.2, 0.25) is 5.91 Å². The summed E-state index contributed by atoms with van der Waals surface area (Å²) in [6, 6.07) is 0. The number of hydrogen-bond acceptors (Lipinski definition) is 3. The molecule has 0 aliphatic carbocycles. The van der Waals surface area contributed by atoms with E-state index in [-0.39, 0.29) is 11.8 Å². The molecule has 0 radical (unpaired) electrons. The molecule has 0 saturated carbocycles. The van der Waals surface area contributed by atoms with Gasteiger partial charge < -0.3 is 4.90 Å². The lowest BCUT2D eigenvalue weighted by Crippen LogP contribution is -2.24. The molecule has 4 heteroatoms. The lowest BCUT2D eigenvalue weighted by Gasteiger charge is -2.13. The molecule has 1 unspecified atom stereocenters. The van der Waals surface area contributed by atoms with Crippen LogP contribution in [0.5, 0.6) is 0 Å². The van der Waals surface area contributed by atoms with Gasteiger partial charge in [-0.3, -0.25) is 4.79 Å². The minimum absolute atomic E-state index is 0.0844. The number of hydrogen-bond donors (Lipinski definition) is 0. The number of likely N-dealkylation sites (tertiary alicyclic amines) is 1. The molecule has 0 spiro atoms. The van der Waals surface area contributed by atoms with Gasteiger partial charge in [0.1, 0.15) is 0 Å². The summed E-state index contributed by atoms with van der Waals surface area (Å²) in [7, 11) is 0. The lowest BCUT2D eigenvalue weighted by molar-refractivity contribution is -0.128. The summed E-state index contributed by atoms with van der Waals surface area (Å²) < 4.78 is 0. The number of terminal acetylenes is 1. The highest BCUT2D eigenvalue weighted by Crippen LogP contribution is 2.19. The minimum Gasteiger partial charge on any atom is -0.335 e. The van der Waals surface area contributed by atoms with E-state index in [1.54, 1.807) is 21.7 Å². The lowest BCUT2D eigenvalue weighted by atomic mass is 10.1. The van der Waals surface area contributed by atoms with Crippen LogP contribution in [0.15, 0.2) is 10.9 Å². The summed E-state index contributed by atoms with van der Waals surface area (Å²) in [6.07, 6.45) is 5.78. The van der Waals surface area contributed by atoms with E-state index in [0.717, 1.165) is 5.69 Å². The third kappa shape index (κ3) is 1.78. The Balaban J connectivity index is 2.00. The Hall–Kier alpha value is -1.34. The Kier molecular flexibility index (Phi) is 2.51. The van der Waals surface area contributed by atoms with Crippen molar-refractivity contribution in [2.75, 3.05) is 6.54 Å². The maximum Gasteiger partial charge on any atom is 0.224 e. The molecule has 1 aromatic rings. The Bertz CT molecular complexity index is 366. The summed E-state index contributed by atoms with van der Waals surface area (Å²) in [5, 5.41) is 1.95. The van der Waals surface area contributed by atoms with Crippen molar-refractivity contribution >= 4 is 17.2 Å². The molecule has 0 bridgehead atoms. The van der Waals surface area contributed by atoms with Gasteiger partial charge in [-0.15, -0.1) is 23.7 Å². The maximum absolute atomic E-state index is 11.5. The highest BCUT2D eigenvalue weighted by atomic mass is 32.1. The largest absolute Gasteiger partial charge is 0.335 e. The quantitative estimate of drug-likeness (QED) is 0.679. The number of carbonyl (C=O) groups is 1. The average Bonchev–Trinajstić information content (AvgIpc) is 2.78. The van der Waals surface area contributed by atoms with Crippen molar-refractivity contribution in [2.24, 2.45) is 5.92 Å². The van der Waals surface area contributed by atoms with E-state index >= 15 is 0 Å². The monoisotopic (exact) mass is 206 g/mol. The van der Waals surface area contributed by atoms with Crippen molar-refractivity contribution in [2.45, 2.75) is 13.0 Å². The van der Waals surface area contributed by atoms with Crippen molar-refractivity contribution in [3.63, 3.8) is 0 Å². The summed E-state index contributed by atoms with van der Waals surface area (Å²) >= 11 is 1.54. The van der Waals surface area contributed by atoms with Crippen molar-refractivity contribution in [3.05, 3.63) is 16.6 Å². The number of nitrogens with zero attached hydrogens (tertiary/aromatic N) is 2. The molecule has 0 N–H and O–H groups in total. The van der Waals surface area contributed by atoms with Crippen LogP contribution >= 0.6 is 11.3 Å². The molecule has 1 aromatic heterocycles. The maximum atomic E-state index is 11.5. The second kappa shape index (κ2) is 3.81. The average molecular weight is 206 g/mol. The fraction of sp³-hybridized carbons (Fsp3) is 0.400. The zero-order valence-corrected chi connectivity index (χ0v) is 8.46. The zero-order valence-electron chi connectivity index (χ0n) is 7.64. The van der Waals surface area contributed by atoms with Crippen molar-refractivity contribution in [1.82, 2.24) is 9.88 Å². The summed E-state index contributed by atoms with van der Waals surface area (Å²) in [5.41, 5.74) is 2.72. The standard InChI is InChI=1S/C10H10N2OS/c1-2-8-3-10(13)12(4-8)5-9-6-14-7-11-9/h1,6-8H,3-5H2. The van der Waals surface area contributed by atoms with Gasteiger partial charge in [-0.25, -0.2) is 4.98 Å². The van der Waals surface area contributed by atoms with Crippen molar-refractivity contribution in [1.29, 1.82) is 0 Å². The molecular weight excluding hydrogens is 196 g/mol. The van der Waals surface area contributed by atoms with Crippen LogP contribution in [0, 0.1) is 18.3 Å². The van der Waals surface area contributed by atoms with E-state index in [1.165, 1.54) is 0 Å². The highest BCUT2D eigenvalue weighted by molar-refractivity contribution is 7.07. The summed E-state index contributed by atoms with van der Waals surface area (Å²) in [5.74, 6) is 2.85. The Morgan fingerprint density at radius 2 is 2.64 bits per heavy atom. The fourth-order valence-corrected chi connectivity index (χ4v) is 2.10. The second-order valence-electron chi connectivity index (χ2n) is 3.32. The SMILES string of the molecule is C#CC1CC(=O)N(Cc2cscn2)C1. The van der Waals surface area contributed by atoms with Gasteiger partial charge in [-0.1, -0.05) is 0 Å². The third-order valence-electron chi connectivity index (χ3n) is 2.29. The topological polar surface area (TPSA) is 33.2 Å². The van der Waals surface area contributed by atoms with Gasteiger partial charge >= 0.3 is 0 Å². The molecule has 0 aromatic carbocycles. The van der Waals surface area contributed by atoms with Crippen LogP contribution in [0.4, 0.5) is 0 Å². The molecule has 3 nitrogen and oxygen atoms in total. The van der Waals surface area contributed by atoms with Crippen molar-refractivity contribution < 1.29 is 4.79 Å². The summed E-state index contributed by atoms with van der Waals surface area (Å²) in [6.45, 7) is 1.27. The number of thiazole rings is 1. The normalized spacial score (nSPS) is 21.2. The third-order valence-corrected chi connectivity index (χ3v) is 2.92. The molecule has 14 heavy (non-hydrogen) atoms. The first-order valence-corrected chi connectivity index (χ1v) is 5.35. The molecule has 2 rings (SSSR count). The number of amides is 1. The van der Waals surface area contributed by atoms with Crippen LogP contribution < -0.4 is 0 Å². The van der Waals surface area contributed by atoms with Crippen LogP contribution in [0.25, 0.3) is 0 Å². The smallest absolute Gasteiger partial charge is 0.224 e. The Labute approximate surface area is 86.8 Å². The van der Waals surface area contributed by atoms with Gasteiger partial charge in [-0.2, -0.15) is 0 Å². The number of aromatic nitrogens is 1. The minimum atomic E-state index is 0.0844. The highest BCUT2D eigenvalue weighted by Gasteiger charge is 2.28. The second-order valence-corrected chi connectivity index (χ2v) is 4.04.